The van der Waals surface area contributed by atoms with Crippen molar-refractivity contribution in [3.05, 3.63) is 59.4 Å². The first-order valence-corrected chi connectivity index (χ1v) is 14.1. The number of carbonyl (C=O) groups is 6. The molecule has 1 unspecified atom stereocenters. The number of carbonyl (C=O) groups excluding carboxylic acids is 6. The third-order valence-electron chi connectivity index (χ3n) is 7.35. The van der Waals surface area contributed by atoms with Gasteiger partial charge in [0.2, 0.25) is 17.7 Å². The van der Waals surface area contributed by atoms with Crippen molar-refractivity contribution in [1.29, 1.82) is 0 Å². The van der Waals surface area contributed by atoms with E-state index < -0.39 is 47.7 Å². The quantitative estimate of drug-likeness (QED) is 0.146. The minimum Gasteiger partial charge on any atom is -0.483 e. The number of fused-ring (bicyclic) bond motifs is 1. The summed E-state index contributed by atoms with van der Waals surface area (Å²) in [5.41, 5.74) is 0.265. The molecule has 1 atom stereocenters. The normalized spacial score (nSPS) is 18.7. The fourth-order valence-corrected chi connectivity index (χ4v) is 5.10. The highest BCUT2D eigenvalue weighted by molar-refractivity contribution is 6.24. The second-order valence-electron chi connectivity index (χ2n) is 10.4. The van der Waals surface area contributed by atoms with Crippen LogP contribution < -0.4 is 26.0 Å². The molecule has 0 radical (unpaired) electrons. The number of amides is 6. The van der Waals surface area contributed by atoms with Crippen LogP contribution in [-0.4, -0.2) is 104 Å². The zero-order valence-corrected chi connectivity index (χ0v) is 23.8. The molecule has 3 aliphatic heterocycles. The number of imide groups is 2. The van der Waals surface area contributed by atoms with Gasteiger partial charge in [-0.3, -0.25) is 44.0 Å². The molecular weight excluding hydrogens is 576 g/mol. The summed E-state index contributed by atoms with van der Waals surface area (Å²) in [6, 6.07) is 8.86. The van der Waals surface area contributed by atoms with Crippen molar-refractivity contribution in [1.82, 2.24) is 31.2 Å². The number of piperidine rings is 1. The summed E-state index contributed by atoms with van der Waals surface area (Å²) >= 11 is 0. The number of aromatic nitrogens is 1. The lowest BCUT2D eigenvalue weighted by atomic mass is 9.88. The minimum absolute atomic E-state index is 0.00713. The number of rotatable bonds is 14. The van der Waals surface area contributed by atoms with Gasteiger partial charge in [-0.1, -0.05) is 12.1 Å². The van der Waals surface area contributed by atoms with Crippen molar-refractivity contribution in [2.75, 3.05) is 52.7 Å². The molecule has 2 aromatic rings. The van der Waals surface area contributed by atoms with Crippen LogP contribution in [-0.2, 0) is 34.2 Å². The highest BCUT2D eigenvalue weighted by atomic mass is 16.5. The van der Waals surface area contributed by atoms with Crippen LogP contribution in [0, 0.1) is 0 Å². The summed E-state index contributed by atoms with van der Waals surface area (Å²) in [7, 11) is 0. The molecule has 3 aliphatic rings. The second kappa shape index (κ2) is 13.7. The first-order valence-electron chi connectivity index (χ1n) is 14.1. The SMILES string of the molecule is O=C(COc1cccc2c1C(=O)N(C1CCC(=O)NC1=O)C2=O)NCCOCCOCC(=O)NC1(c2ccccn2)CNC1. The molecule has 1 aromatic heterocycles. The van der Waals surface area contributed by atoms with E-state index in [-0.39, 0.29) is 68.6 Å². The van der Waals surface area contributed by atoms with E-state index in [0.29, 0.717) is 13.1 Å². The van der Waals surface area contributed by atoms with Gasteiger partial charge in [-0.25, -0.2) is 0 Å². The van der Waals surface area contributed by atoms with Crippen LogP contribution in [0.5, 0.6) is 5.75 Å². The molecule has 5 rings (SSSR count). The molecule has 0 bridgehead atoms. The minimum atomic E-state index is -1.10. The number of benzene rings is 1. The molecule has 1 aromatic carbocycles. The topological polar surface area (TPSA) is 194 Å². The van der Waals surface area contributed by atoms with Crippen molar-refractivity contribution >= 4 is 35.4 Å². The maximum Gasteiger partial charge on any atom is 0.266 e. The first-order chi connectivity index (χ1) is 21.3. The molecule has 2 fully saturated rings. The van der Waals surface area contributed by atoms with E-state index in [1.54, 1.807) is 6.20 Å². The van der Waals surface area contributed by atoms with Crippen molar-refractivity contribution in [2.45, 2.75) is 24.4 Å². The summed E-state index contributed by atoms with van der Waals surface area (Å²) < 4.78 is 16.4. The molecule has 6 amide bonds. The zero-order valence-electron chi connectivity index (χ0n) is 23.8. The van der Waals surface area contributed by atoms with Gasteiger partial charge in [0, 0.05) is 32.3 Å². The van der Waals surface area contributed by atoms with E-state index >= 15 is 0 Å². The predicted molar refractivity (Wildman–Crippen MR) is 150 cm³/mol. The van der Waals surface area contributed by atoms with Gasteiger partial charge < -0.3 is 30.2 Å². The van der Waals surface area contributed by atoms with Crippen LogP contribution in [0.3, 0.4) is 0 Å². The number of hydrogen-bond donors (Lipinski definition) is 4. The lowest BCUT2D eigenvalue weighted by Crippen LogP contribution is -2.67. The molecule has 15 heteroatoms. The number of hydrogen-bond acceptors (Lipinski definition) is 11. The number of pyridine rings is 1. The van der Waals surface area contributed by atoms with Gasteiger partial charge in [0.15, 0.2) is 6.61 Å². The summed E-state index contributed by atoms with van der Waals surface area (Å²) in [4.78, 5) is 79.6. The molecule has 4 N–H and O–H groups in total. The summed E-state index contributed by atoms with van der Waals surface area (Å²) in [6.07, 6.45) is 1.72. The van der Waals surface area contributed by atoms with Crippen molar-refractivity contribution < 1.29 is 43.0 Å². The van der Waals surface area contributed by atoms with Crippen molar-refractivity contribution in [3.8, 4) is 5.75 Å². The summed E-state index contributed by atoms with van der Waals surface area (Å²) in [5.74, 6) is -3.28. The van der Waals surface area contributed by atoms with Gasteiger partial charge in [-0.05, 0) is 30.7 Å². The third-order valence-corrected chi connectivity index (χ3v) is 7.35. The van der Waals surface area contributed by atoms with E-state index in [1.165, 1.54) is 18.2 Å². The smallest absolute Gasteiger partial charge is 0.266 e. The number of nitrogens with one attached hydrogen (secondary N) is 4. The molecule has 0 saturated carbocycles. The standard InChI is InChI=1S/C29H32N6O9/c36-22-8-7-19(26(39)33-22)35-27(40)18-4-3-5-20(25(18)28(35)41)44-15-23(37)32-10-11-42-12-13-43-14-24(38)34-29(16-30-17-29)21-6-1-2-9-31-21/h1-6,9,19,30H,7-8,10-17H2,(H,32,37)(H,34,38)(H,33,36,39). The maximum atomic E-state index is 13.1. The zero-order chi connectivity index (χ0) is 31.1. The lowest BCUT2D eigenvalue weighted by Gasteiger charge is -2.42. The molecule has 0 aliphatic carbocycles. The molecular formula is C29H32N6O9. The Balaban J connectivity index is 0.975. The average molecular weight is 609 g/mol. The molecule has 4 heterocycles. The van der Waals surface area contributed by atoms with Crippen LogP contribution in [0.25, 0.3) is 0 Å². The van der Waals surface area contributed by atoms with Crippen LogP contribution in [0.2, 0.25) is 0 Å². The van der Waals surface area contributed by atoms with Gasteiger partial charge >= 0.3 is 0 Å². The summed E-state index contributed by atoms with van der Waals surface area (Å²) in [5, 5.41) is 10.9. The predicted octanol–water partition coefficient (Wildman–Crippen LogP) is -1.37. The van der Waals surface area contributed by atoms with E-state index in [1.807, 2.05) is 18.2 Å². The Hall–Kier alpha value is -4.73. The van der Waals surface area contributed by atoms with Crippen molar-refractivity contribution in [3.63, 3.8) is 0 Å². The molecule has 15 nitrogen and oxygen atoms in total. The third kappa shape index (κ3) is 6.74. The van der Waals surface area contributed by atoms with Gasteiger partial charge in [0.1, 0.15) is 23.9 Å². The van der Waals surface area contributed by atoms with Gasteiger partial charge in [0.05, 0.1) is 36.6 Å². The highest BCUT2D eigenvalue weighted by Gasteiger charge is 2.46. The summed E-state index contributed by atoms with van der Waals surface area (Å²) in [6.45, 7) is 1.37. The molecule has 0 spiro atoms. The van der Waals surface area contributed by atoms with Crippen LogP contribution in [0.15, 0.2) is 42.6 Å². The van der Waals surface area contributed by atoms with Crippen LogP contribution >= 0.6 is 0 Å². The molecule has 2 saturated heterocycles. The fourth-order valence-electron chi connectivity index (χ4n) is 5.10. The van der Waals surface area contributed by atoms with E-state index in [9.17, 15) is 28.8 Å². The first kappa shape index (κ1) is 30.7. The highest BCUT2D eigenvalue weighted by Crippen LogP contribution is 2.33. The molecule has 44 heavy (non-hydrogen) atoms. The Labute approximate surface area is 252 Å². The van der Waals surface area contributed by atoms with Crippen LogP contribution in [0.1, 0.15) is 39.3 Å². The van der Waals surface area contributed by atoms with Crippen LogP contribution in [0.4, 0.5) is 0 Å². The van der Waals surface area contributed by atoms with E-state index in [2.05, 4.69) is 26.3 Å². The van der Waals surface area contributed by atoms with Gasteiger partial charge in [-0.2, -0.15) is 0 Å². The molecule has 232 valence electrons. The monoisotopic (exact) mass is 608 g/mol. The lowest BCUT2D eigenvalue weighted by molar-refractivity contribution is -0.136. The van der Waals surface area contributed by atoms with Gasteiger partial charge in [-0.15, -0.1) is 0 Å². The average Bonchev–Trinajstić information content (AvgIpc) is 3.25. The van der Waals surface area contributed by atoms with E-state index in [4.69, 9.17) is 14.2 Å². The Kier molecular flexibility index (Phi) is 9.57. The Morgan fingerprint density at radius 1 is 0.955 bits per heavy atom. The maximum absolute atomic E-state index is 13.1. The Morgan fingerprint density at radius 2 is 1.77 bits per heavy atom. The Bertz CT molecular complexity index is 1450. The fraction of sp³-hybridized carbons (Fsp3) is 0.414. The van der Waals surface area contributed by atoms with Crippen molar-refractivity contribution in [2.24, 2.45) is 0 Å². The number of ether oxygens (including phenoxy) is 3. The largest absolute Gasteiger partial charge is 0.483 e. The number of nitrogens with zero attached hydrogens (tertiary/aromatic N) is 2. The van der Waals surface area contributed by atoms with Gasteiger partial charge in [0.25, 0.3) is 17.7 Å². The second-order valence-corrected chi connectivity index (χ2v) is 10.4. The Morgan fingerprint density at radius 3 is 2.50 bits per heavy atom. The van der Waals surface area contributed by atoms with E-state index in [0.717, 1.165) is 10.6 Å².